The zero-order chi connectivity index (χ0) is 14.7. The summed E-state index contributed by atoms with van der Waals surface area (Å²) in [6, 6.07) is 5.78. The van der Waals surface area contributed by atoms with Crippen LogP contribution in [0, 0.1) is 13.8 Å². The molecule has 1 aliphatic rings. The zero-order valence-corrected chi connectivity index (χ0v) is 12.2. The van der Waals surface area contributed by atoms with E-state index >= 15 is 0 Å². The second kappa shape index (κ2) is 6.18. The Kier molecular flexibility index (Phi) is 4.55. The van der Waals surface area contributed by atoms with Gasteiger partial charge < -0.3 is 5.73 Å². The first-order valence-corrected chi connectivity index (χ1v) is 7.15. The number of rotatable bonds is 3. The molecule has 20 heavy (non-hydrogen) atoms. The zero-order valence-electron chi connectivity index (χ0n) is 12.2. The van der Waals surface area contributed by atoms with Gasteiger partial charge in [-0.25, -0.2) is 0 Å². The van der Waals surface area contributed by atoms with E-state index in [1.807, 2.05) is 32.0 Å². The molecule has 0 saturated carbocycles. The predicted molar refractivity (Wildman–Crippen MR) is 78.0 cm³/mol. The lowest BCUT2D eigenvalue weighted by molar-refractivity contribution is -0.144. The van der Waals surface area contributed by atoms with Gasteiger partial charge in [0.05, 0.1) is 0 Å². The summed E-state index contributed by atoms with van der Waals surface area (Å²) in [5, 5.41) is 0. The number of carbonyl (C=O) groups is 2. The van der Waals surface area contributed by atoms with Crippen molar-refractivity contribution in [3.63, 3.8) is 0 Å². The molecule has 1 aromatic carbocycles. The molecule has 0 radical (unpaired) electrons. The van der Waals surface area contributed by atoms with Gasteiger partial charge in [-0.1, -0.05) is 23.8 Å². The number of hydrogen-bond donors (Lipinski definition) is 1. The van der Waals surface area contributed by atoms with Gasteiger partial charge in [-0.05, 0) is 37.8 Å². The molecule has 0 aromatic heterocycles. The first-order valence-electron chi connectivity index (χ1n) is 7.15. The minimum absolute atomic E-state index is 0.0896. The summed E-state index contributed by atoms with van der Waals surface area (Å²) in [5.41, 5.74) is 9.46. The number of likely N-dealkylation sites (tertiary alicyclic amines) is 1. The average Bonchev–Trinajstić information content (AvgIpc) is 2.56. The molecule has 0 spiro atoms. The smallest absolute Gasteiger partial charge is 0.229 e. The van der Waals surface area contributed by atoms with Crippen LogP contribution in [-0.2, 0) is 9.59 Å². The fourth-order valence-corrected chi connectivity index (χ4v) is 2.62. The molecule has 4 heteroatoms. The molecule has 1 atom stereocenters. The summed E-state index contributed by atoms with van der Waals surface area (Å²) in [6.07, 6.45) is 2.48. The minimum atomic E-state index is -0.319. The second-order valence-electron chi connectivity index (χ2n) is 5.57. The van der Waals surface area contributed by atoms with Crippen molar-refractivity contribution in [2.24, 2.45) is 5.73 Å². The van der Waals surface area contributed by atoms with Gasteiger partial charge in [0.15, 0.2) is 0 Å². The highest BCUT2D eigenvalue weighted by Crippen LogP contribution is 2.21. The number of nitrogens with two attached hydrogens (primary N) is 1. The van der Waals surface area contributed by atoms with Crippen molar-refractivity contribution in [2.75, 3.05) is 6.54 Å². The Morgan fingerprint density at radius 1 is 1.15 bits per heavy atom. The Morgan fingerprint density at radius 2 is 1.75 bits per heavy atom. The number of aryl methyl sites for hydroxylation is 2. The van der Waals surface area contributed by atoms with Gasteiger partial charge in [0.2, 0.25) is 11.8 Å². The second-order valence-corrected chi connectivity index (χ2v) is 5.57. The number of nitrogens with zero attached hydrogens (tertiary/aromatic N) is 1. The van der Waals surface area contributed by atoms with E-state index in [-0.39, 0.29) is 24.4 Å². The highest BCUT2D eigenvalue weighted by Gasteiger charge is 2.26. The van der Waals surface area contributed by atoms with Gasteiger partial charge in [-0.2, -0.15) is 0 Å². The van der Waals surface area contributed by atoms with E-state index in [4.69, 9.17) is 5.73 Å². The van der Waals surface area contributed by atoms with Crippen molar-refractivity contribution in [1.82, 2.24) is 4.90 Å². The molecule has 1 fully saturated rings. The lowest BCUT2D eigenvalue weighted by Gasteiger charge is -2.24. The summed E-state index contributed by atoms with van der Waals surface area (Å²) in [4.78, 5) is 25.3. The minimum Gasteiger partial charge on any atom is -0.322 e. The summed E-state index contributed by atoms with van der Waals surface area (Å²) in [5.74, 6) is -0.179. The van der Waals surface area contributed by atoms with Crippen molar-refractivity contribution in [3.05, 3.63) is 34.9 Å². The number of imide groups is 1. The quantitative estimate of drug-likeness (QED) is 0.860. The molecule has 1 saturated heterocycles. The van der Waals surface area contributed by atoms with Crippen molar-refractivity contribution in [2.45, 2.75) is 45.6 Å². The molecule has 2 amide bonds. The molecule has 2 N–H and O–H groups in total. The van der Waals surface area contributed by atoms with Crippen LogP contribution in [0.5, 0.6) is 0 Å². The van der Waals surface area contributed by atoms with E-state index in [0.717, 1.165) is 29.5 Å². The van der Waals surface area contributed by atoms with E-state index in [9.17, 15) is 9.59 Å². The van der Waals surface area contributed by atoms with Crippen LogP contribution in [0.1, 0.15) is 48.4 Å². The summed E-state index contributed by atoms with van der Waals surface area (Å²) in [7, 11) is 0. The third kappa shape index (κ3) is 3.25. The van der Waals surface area contributed by atoms with Gasteiger partial charge in [0, 0.05) is 25.4 Å². The maximum absolute atomic E-state index is 12.0. The van der Waals surface area contributed by atoms with Crippen molar-refractivity contribution in [1.29, 1.82) is 0 Å². The van der Waals surface area contributed by atoms with Gasteiger partial charge in [-0.3, -0.25) is 14.5 Å². The molecule has 0 bridgehead atoms. The Hall–Kier alpha value is -1.68. The Labute approximate surface area is 119 Å². The fraction of sp³-hybridized carbons (Fsp3) is 0.500. The first kappa shape index (κ1) is 14.7. The number of hydrogen-bond acceptors (Lipinski definition) is 3. The van der Waals surface area contributed by atoms with Crippen LogP contribution >= 0.6 is 0 Å². The van der Waals surface area contributed by atoms with E-state index in [0.29, 0.717) is 12.8 Å². The third-order valence-corrected chi connectivity index (χ3v) is 3.85. The van der Waals surface area contributed by atoms with Crippen molar-refractivity contribution < 1.29 is 9.59 Å². The molecule has 0 aliphatic carbocycles. The van der Waals surface area contributed by atoms with Crippen molar-refractivity contribution >= 4 is 11.8 Å². The van der Waals surface area contributed by atoms with Crippen LogP contribution in [0.2, 0.25) is 0 Å². The molecular formula is C16H22N2O2. The normalized spacial score (nSPS) is 18.1. The van der Waals surface area contributed by atoms with E-state index in [1.54, 1.807) is 0 Å². The Bertz CT molecular complexity index is 507. The van der Waals surface area contributed by atoms with E-state index in [1.165, 1.54) is 4.90 Å². The SMILES string of the molecule is Cc1ccc(C)c(C(N)CN2C(=O)CCCCC2=O)c1. The topological polar surface area (TPSA) is 63.4 Å². The fourth-order valence-electron chi connectivity index (χ4n) is 2.62. The average molecular weight is 274 g/mol. The van der Waals surface area contributed by atoms with Crippen LogP contribution in [0.3, 0.4) is 0 Å². The maximum atomic E-state index is 12.0. The summed E-state index contributed by atoms with van der Waals surface area (Å²) < 4.78 is 0. The van der Waals surface area contributed by atoms with Crippen LogP contribution in [0.25, 0.3) is 0 Å². The lowest BCUT2D eigenvalue weighted by atomic mass is 9.99. The van der Waals surface area contributed by atoms with Gasteiger partial charge in [-0.15, -0.1) is 0 Å². The summed E-state index contributed by atoms with van der Waals surface area (Å²) >= 11 is 0. The molecule has 108 valence electrons. The predicted octanol–water partition coefficient (Wildman–Crippen LogP) is 2.23. The third-order valence-electron chi connectivity index (χ3n) is 3.85. The standard InChI is InChI=1S/C16H22N2O2/c1-11-7-8-12(2)13(9-11)14(17)10-18-15(19)5-3-4-6-16(18)20/h7-9,14H,3-6,10,17H2,1-2H3. The van der Waals surface area contributed by atoms with Crippen LogP contribution in [-0.4, -0.2) is 23.3 Å². The van der Waals surface area contributed by atoms with Gasteiger partial charge in [0.25, 0.3) is 0 Å². The van der Waals surface area contributed by atoms with Crippen molar-refractivity contribution in [3.8, 4) is 0 Å². The van der Waals surface area contributed by atoms with Gasteiger partial charge in [0.1, 0.15) is 0 Å². The Morgan fingerprint density at radius 3 is 2.35 bits per heavy atom. The van der Waals surface area contributed by atoms with Crippen LogP contribution in [0.15, 0.2) is 18.2 Å². The number of carbonyl (C=O) groups excluding carboxylic acids is 2. The summed E-state index contributed by atoms with van der Waals surface area (Å²) in [6.45, 7) is 4.29. The highest BCUT2D eigenvalue weighted by molar-refractivity contribution is 5.96. The molecule has 4 nitrogen and oxygen atoms in total. The van der Waals surface area contributed by atoms with E-state index in [2.05, 4.69) is 0 Å². The lowest BCUT2D eigenvalue weighted by Crippen LogP contribution is -2.40. The monoisotopic (exact) mass is 274 g/mol. The molecule has 1 aliphatic heterocycles. The highest BCUT2D eigenvalue weighted by atomic mass is 16.2. The number of benzene rings is 1. The maximum Gasteiger partial charge on any atom is 0.229 e. The first-order chi connectivity index (χ1) is 9.49. The van der Waals surface area contributed by atoms with E-state index < -0.39 is 0 Å². The van der Waals surface area contributed by atoms with Crippen LogP contribution < -0.4 is 5.73 Å². The molecular weight excluding hydrogens is 252 g/mol. The molecule has 1 unspecified atom stereocenters. The number of amides is 2. The Balaban J connectivity index is 2.17. The van der Waals surface area contributed by atoms with Gasteiger partial charge >= 0.3 is 0 Å². The molecule has 2 rings (SSSR count). The molecule has 1 aromatic rings. The largest absolute Gasteiger partial charge is 0.322 e. The molecule has 1 heterocycles. The van der Waals surface area contributed by atoms with Crippen LogP contribution in [0.4, 0.5) is 0 Å².